The van der Waals surface area contributed by atoms with Crippen LogP contribution in [-0.2, 0) is 9.53 Å². The fourth-order valence-corrected chi connectivity index (χ4v) is 0.853. The normalized spacial score (nSPS) is 12.5. The molecule has 0 unspecified atom stereocenters. The van der Waals surface area contributed by atoms with Gasteiger partial charge in [-0.05, 0) is 6.42 Å². The van der Waals surface area contributed by atoms with Crippen LogP contribution in [0.2, 0.25) is 0 Å². The number of carbonyl (C=O) groups is 1. The lowest BCUT2D eigenvalue weighted by molar-refractivity contribution is -0.135. The number of hydrogen-bond donors (Lipinski definition) is 1. The summed E-state index contributed by atoms with van der Waals surface area (Å²) in [5.41, 5.74) is 6.13. The Morgan fingerprint density at radius 3 is 2.62 bits per heavy atom. The Balaban J connectivity index is 4.86. The van der Waals surface area contributed by atoms with Crippen LogP contribution < -0.4 is 5.73 Å². The highest BCUT2D eigenvalue weighted by Gasteiger charge is 2.13. The Hall–Kier alpha value is -1.58. The molecule has 0 aliphatic rings. The largest absolute Gasteiger partial charge is 0.465 e. The molecule has 0 atom stereocenters. The lowest BCUT2D eigenvalue weighted by Gasteiger charge is -2.04. The van der Waals surface area contributed by atoms with Crippen molar-refractivity contribution in [3.8, 4) is 0 Å². The molecule has 0 saturated carbocycles. The molecule has 4 heteroatoms. The van der Waals surface area contributed by atoms with Crippen molar-refractivity contribution in [3.63, 3.8) is 0 Å². The summed E-state index contributed by atoms with van der Waals surface area (Å²) in [6.07, 6.45) is 3.16. The van der Waals surface area contributed by atoms with E-state index in [-0.39, 0.29) is 5.57 Å². The van der Waals surface area contributed by atoms with Gasteiger partial charge in [-0.3, -0.25) is 4.99 Å². The van der Waals surface area contributed by atoms with Crippen LogP contribution in [0, 0.1) is 0 Å². The van der Waals surface area contributed by atoms with Crippen LogP contribution in [0.1, 0.15) is 13.3 Å². The van der Waals surface area contributed by atoms with Gasteiger partial charge in [0.1, 0.15) is 0 Å². The second kappa shape index (κ2) is 5.99. The van der Waals surface area contributed by atoms with E-state index >= 15 is 0 Å². The number of methoxy groups -OCH3 is 1. The molecule has 0 heterocycles. The third-order valence-corrected chi connectivity index (χ3v) is 1.46. The zero-order chi connectivity index (χ0) is 10.3. The van der Waals surface area contributed by atoms with Crippen molar-refractivity contribution in [2.45, 2.75) is 13.3 Å². The maximum atomic E-state index is 11.1. The van der Waals surface area contributed by atoms with E-state index in [2.05, 4.69) is 16.3 Å². The quantitative estimate of drug-likeness (QED) is 0.400. The highest BCUT2D eigenvalue weighted by Crippen LogP contribution is 2.03. The molecule has 0 aromatic rings. The minimum atomic E-state index is -0.482. The molecule has 2 N–H and O–H groups in total. The van der Waals surface area contributed by atoms with E-state index in [0.717, 1.165) is 0 Å². The SMILES string of the molecule is C=CN=C(CC)C(=CN)C(=O)OC. The molecular weight excluding hydrogens is 168 g/mol. The predicted octanol–water partition coefficient (Wildman–Crippen LogP) is 0.997. The standard InChI is InChI=1S/C9H14N2O2/c1-4-8(11-5-2)7(6-10)9(12)13-3/h5-6H,2,4,10H2,1,3H3. The van der Waals surface area contributed by atoms with E-state index in [0.29, 0.717) is 12.1 Å². The number of rotatable bonds is 4. The first-order valence-electron chi connectivity index (χ1n) is 3.89. The van der Waals surface area contributed by atoms with Crippen LogP contribution in [0.4, 0.5) is 0 Å². The molecule has 0 saturated heterocycles. The molecule has 0 bridgehead atoms. The fourth-order valence-electron chi connectivity index (χ4n) is 0.853. The first kappa shape index (κ1) is 11.4. The lowest BCUT2D eigenvalue weighted by Crippen LogP contribution is -2.15. The van der Waals surface area contributed by atoms with E-state index < -0.39 is 5.97 Å². The second-order valence-corrected chi connectivity index (χ2v) is 2.18. The molecule has 0 aliphatic carbocycles. The molecule has 0 aromatic heterocycles. The third-order valence-electron chi connectivity index (χ3n) is 1.46. The molecule has 0 spiro atoms. The first-order chi connectivity index (χ1) is 6.21. The molecule has 0 rings (SSSR count). The van der Waals surface area contributed by atoms with Gasteiger partial charge in [-0.25, -0.2) is 4.79 Å². The minimum absolute atomic E-state index is 0.282. The number of hydrogen-bond acceptors (Lipinski definition) is 4. The van der Waals surface area contributed by atoms with Gasteiger partial charge in [0.25, 0.3) is 0 Å². The van der Waals surface area contributed by atoms with E-state index in [1.807, 2.05) is 6.92 Å². The Morgan fingerprint density at radius 1 is 1.69 bits per heavy atom. The summed E-state index contributed by atoms with van der Waals surface area (Å²) >= 11 is 0. The maximum absolute atomic E-state index is 11.1. The summed E-state index contributed by atoms with van der Waals surface area (Å²) in [6.45, 7) is 5.31. The van der Waals surface area contributed by atoms with E-state index in [9.17, 15) is 4.79 Å². The van der Waals surface area contributed by atoms with Crippen molar-refractivity contribution >= 4 is 11.7 Å². The second-order valence-electron chi connectivity index (χ2n) is 2.18. The first-order valence-corrected chi connectivity index (χ1v) is 3.89. The van der Waals surface area contributed by atoms with Gasteiger partial charge in [-0.1, -0.05) is 13.5 Å². The van der Waals surface area contributed by atoms with E-state index in [1.165, 1.54) is 19.5 Å². The van der Waals surface area contributed by atoms with Crippen molar-refractivity contribution in [3.05, 3.63) is 24.6 Å². The Morgan fingerprint density at radius 2 is 2.31 bits per heavy atom. The van der Waals surface area contributed by atoms with Crippen molar-refractivity contribution in [2.75, 3.05) is 7.11 Å². The van der Waals surface area contributed by atoms with Crippen LogP contribution in [0.3, 0.4) is 0 Å². The van der Waals surface area contributed by atoms with Crippen LogP contribution >= 0.6 is 0 Å². The van der Waals surface area contributed by atoms with Crippen LogP contribution in [-0.4, -0.2) is 18.8 Å². The summed E-state index contributed by atoms with van der Waals surface area (Å²) in [5, 5.41) is 0. The zero-order valence-corrected chi connectivity index (χ0v) is 7.91. The van der Waals surface area contributed by atoms with Gasteiger partial charge in [0.15, 0.2) is 0 Å². The summed E-state index contributed by atoms with van der Waals surface area (Å²) in [7, 11) is 1.30. The number of ether oxygens (including phenoxy) is 1. The van der Waals surface area contributed by atoms with Gasteiger partial charge in [-0.15, -0.1) is 0 Å². The topological polar surface area (TPSA) is 64.7 Å². The molecule has 72 valence electrons. The number of carbonyl (C=O) groups excluding carboxylic acids is 1. The Bertz CT molecular complexity index is 254. The average Bonchev–Trinajstić information content (AvgIpc) is 2.17. The van der Waals surface area contributed by atoms with Crippen molar-refractivity contribution in [1.82, 2.24) is 0 Å². The summed E-state index contributed by atoms with van der Waals surface area (Å²) in [4.78, 5) is 15.0. The highest BCUT2D eigenvalue weighted by molar-refractivity contribution is 6.19. The molecule has 0 fully saturated rings. The predicted molar refractivity (Wildman–Crippen MR) is 52.2 cm³/mol. The van der Waals surface area contributed by atoms with E-state index in [1.54, 1.807) is 0 Å². The maximum Gasteiger partial charge on any atom is 0.341 e. The summed E-state index contributed by atoms with van der Waals surface area (Å²) in [5.74, 6) is -0.482. The van der Waals surface area contributed by atoms with Gasteiger partial charge in [0, 0.05) is 12.4 Å². The minimum Gasteiger partial charge on any atom is -0.465 e. The zero-order valence-electron chi connectivity index (χ0n) is 7.91. The summed E-state index contributed by atoms with van der Waals surface area (Å²) in [6, 6.07) is 0. The number of nitrogens with two attached hydrogens (primary N) is 1. The molecular formula is C9H14N2O2. The van der Waals surface area contributed by atoms with Crippen molar-refractivity contribution < 1.29 is 9.53 Å². The van der Waals surface area contributed by atoms with Crippen LogP contribution in [0.25, 0.3) is 0 Å². The highest BCUT2D eigenvalue weighted by atomic mass is 16.5. The van der Waals surface area contributed by atoms with Crippen LogP contribution in [0.15, 0.2) is 29.5 Å². The van der Waals surface area contributed by atoms with E-state index in [4.69, 9.17) is 5.73 Å². The molecule has 0 aromatic carbocycles. The number of esters is 1. The fraction of sp³-hybridized carbons (Fsp3) is 0.333. The van der Waals surface area contributed by atoms with Crippen LogP contribution in [0.5, 0.6) is 0 Å². The third kappa shape index (κ3) is 3.11. The molecule has 4 nitrogen and oxygen atoms in total. The van der Waals surface area contributed by atoms with Gasteiger partial charge in [0.05, 0.1) is 18.4 Å². The molecule has 0 amide bonds. The van der Waals surface area contributed by atoms with Gasteiger partial charge >= 0.3 is 5.97 Å². The van der Waals surface area contributed by atoms with Crippen molar-refractivity contribution in [2.24, 2.45) is 10.7 Å². The monoisotopic (exact) mass is 182 g/mol. The van der Waals surface area contributed by atoms with Gasteiger partial charge in [-0.2, -0.15) is 0 Å². The van der Waals surface area contributed by atoms with Gasteiger partial charge < -0.3 is 10.5 Å². The summed E-state index contributed by atoms with van der Waals surface area (Å²) < 4.78 is 4.53. The molecule has 0 aliphatic heterocycles. The molecule has 0 radical (unpaired) electrons. The molecule has 13 heavy (non-hydrogen) atoms. The Labute approximate surface area is 77.8 Å². The Kier molecular flexibility index (Phi) is 5.27. The van der Waals surface area contributed by atoms with Gasteiger partial charge in [0.2, 0.25) is 0 Å². The van der Waals surface area contributed by atoms with Crippen molar-refractivity contribution in [1.29, 1.82) is 0 Å². The number of aliphatic imine (C=N–C) groups is 1. The average molecular weight is 182 g/mol. The lowest BCUT2D eigenvalue weighted by atomic mass is 10.1. The smallest absolute Gasteiger partial charge is 0.341 e. The number of nitrogens with zero attached hydrogens (tertiary/aromatic N) is 1.